The number of aliphatic hydroxyl groups is 1. The molecule has 1 aliphatic rings. The summed E-state index contributed by atoms with van der Waals surface area (Å²) in [5, 5.41) is 9.63. The number of ether oxygens (including phenoxy) is 1. The maximum Gasteiger partial charge on any atom is 0.123 e. The van der Waals surface area contributed by atoms with Gasteiger partial charge in [0.1, 0.15) is 5.75 Å². The Morgan fingerprint density at radius 3 is 2.65 bits per heavy atom. The first-order chi connectivity index (χ1) is 9.63. The molecule has 0 radical (unpaired) electrons. The molecule has 1 saturated heterocycles. The topological polar surface area (TPSA) is 58.7 Å². The third kappa shape index (κ3) is 3.72. The zero-order valence-electron chi connectivity index (χ0n) is 12.5. The third-order valence-corrected chi connectivity index (χ3v) is 4.29. The summed E-state index contributed by atoms with van der Waals surface area (Å²) in [6.07, 6.45) is 1.98. The summed E-state index contributed by atoms with van der Waals surface area (Å²) >= 11 is 0. The van der Waals surface area contributed by atoms with E-state index in [-0.39, 0.29) is 6.10 Å². The van der Waals surface area contributed by atoms with Crippen LogP contribution in [0.5, 0.6) is 5.75 Å². The molecule has 1 aromatic carbocycles. The average molecular weight is 278 g/mol. The largest absolute Gasteiger partial charge is 0.496 e. The lowest BCUT2D eigenvalue weighted by molar-refractivity contribution is 0.0695. The normalized spacial score (nSPS) is 19.0. The van der Waals surface area contributed by atoms with Gasteiger partial charge < -0.3 is 15.6 Å². The van der Waals surface area contributed by atoms with Gasteiger partial charge in [-0.1, -0.05) is 6.07 Å². The Kier molecular flexibility index (Phi) is 5.40. The first-order valence-corrected chi connectivity index (χ1v) is 7.40. The van der Waals surface area contributed by atoms with E-state index >= 15 is 0 Å². The van der Waals surface area contributed by atoms with Gasteiger partial charge in [0, 0.05) is 18.7 Å². The molecule has 3 N–H and O–H groups in total. The molecule has 20 heavy (non-hydrogen) atoms. The number of benzene rings is 1. The molecule has 0 spiro atoms. The van der Waals surface area contributed by atoms with E-state index in [1.807, 2.05) is 13.0 Å². The molecule has 0 amide bonds. The molecule has 0 bridgehead atoms. The molecule has 1 aliphatic heterocycles. The first kappa shape index (κ1) is 15.3. The summed E-state index contributed by atoms with van der Waals surface area (Å²) in [4.78, 5) is 2.45. The fourth-order valence-electron chi connectivity index (χ4n) is 2.94. The number of aliphatic hydroxyl groups excluding tert-OH is 1. The Bertz CT molecular complexity index is 426. The van der Waals surface area contributed by atoms with Crippen molar-refractivity contribution in [3.63, 3.8) is 0 Å². The molecule has 1 fully saturated rings. The van der Waals surface area contributed by atoms with Crippen LogP contribution in [0.15, 0.2) is 18.2 Å². The van der Waals surface area contributed by atoms with Gasteiger partial charge >= 0.3 is 0 Å². The van der Waals surface area contributed by atoms with Crippen molar-refractivity contribution in [2.24, 2.45) is 11.7 Å². The number of piperidine rings is 1. The summed E-state index contributed by atoms with van der Waals surface area (Å²) in [7, 11) is 1.68. The van der Waals surface area contributed by atoms with E-state index in [0.717, 1.165) is 43.8 Å². The van der Waals surface area contributed by atoms with Crippen molar-refractivity contribution < 1.29 is 9.84 Å². The lowest BCUT2D eigenvalue weighted by atomic mass is 9.92. The van der Waals surface area contributed by atoms with Crippen LogP contribution in [0.3, 0.4) is 0 Å². The third-order valence-electron chi connectivity index (χ3n) is 4.29. The maximum absolute atomic E-state index is 9.63. The highest BCUT2D eigenvalue weighted by Crippen LogP contribution is 2.24. The minimum absolute atomic E-state index is 0.179. The van der Waals surface area contributed by atoms with E-state index in [1.165, 1.54) is 5.56 Å². The summed E-state index contributed by atoms with van der Waals surface area (Å²) in [6.45, 7) is 5.46. The van der Waals surface area contributed by atoms with Crippen molar-refractivity contribution in [1.82, 2.24) is 4.90 Å². The van der Waals surface area contributed by atoms with E-state index < -0.39 is 0 Å². The molecule has 2 rings (SSSR count). The average Bonchev–Trinajstić information content (AvgIpc) is 2.47. The van der Waals surface area contributed by atoms with Crippen molar-refractivity contribution in [3.8, 4) is 5.75 Å². The van der Waals surface area contributed by atoms with Crippen LogP contribution in [0.2, 0.25) is 0 Å². The molecular formula is C16H26N2O2. The van der Waals surface area contributed by atoms with Crippen LogP contribution < -0.4 is 10.5 Å². The summed E-state index contributed by atoms with van der Waals surface area (Å²) < 4.78 is 5.30. The molecule has 0 aromatic heterocycles. The van der Waals surface area contributed by atoms with Crippen molar-refractivity contribution in [2.45, 2.75) is 39.0 Å². The highest BCUT2D eigenvalue weighted by Gasteiger charge is 2.22. The molecule has 1 heterocycles. The fourth-order valence-corrected chi connectivity index (χ4v) is 2.94. The minimum atomic E-state index is -0.179. The molecule has 0 aliphatic carbocycles. The highest BCUT2D eigenvalue weighted by atomic mass is 16.5. The van der Waals surface area contributed by atoms with E-state index in [2.05, 4.69) is 17.0 Å². The lowest BCUT2D eigenvalue weighted by Gasteiger charge is -2.33. The van der Waals surface area contributed by atoms with Gasteiger partial charge in [-0.3, -0.25) is 4.90 Å². The predicted molar refractivity (Wildman–Crippen MR) is 80.6 cm³/mol. The van der Waals surface area contributed by atoms with Crippen molar-refractivity contribution in [3.05, 3.63) is 29.3 Å². The molecule has 0 saturated carbocycles. The Balaban J connectivity index is 1.94. The number of rotatable bonds is 5. The number of methoxy groups -OCH3 is 1. The van der Waals surface area contributed by atoms with Crippen LogP contribution in [0.1, 0.15) is 30.9 Å². The van der Waals surface area contributed by atoms with Gasteiger partial charge in [0.2, 0.25) is 0 Å². The van der Waals surface area contributed by atoms with E-state index in [9.17, 15) is 5.11 Å². The zero-order valence-corrected chi connectivity index (χ0v) is 12.5. The van der Waals surface area contributed by atoms with Gasteiger partial charge in [0.15, 0.2) is 0 Å². The molecule has 1 unspecified atom stereocenters. The maximum atomic E-state index is 9.63. The van der Waals surface area contributed by atoms with Crippen LogP contribution in [-0.2, 0) is 13.1 Å². The van der Waals surface area contributed by atoms with Crippen LogP contribution in [0.4, 0.5) is 0 Å². The highest BCUT2D eigenvalue weighted by molar-refractivity contribution is 5.37. The number of likely N-dealkylation sites (tertiary alicyclic amines) is 1. The van der Waals surface area contributed by atoms with E-state index in [1.54, 1.807) is 7.11 Å². The summed E-state index contributed by atoms with van der Waals surface area (Å²) in [5.41, 5.74) is 8.10. The van der Waals surface area contributed by atoms with Crippen molar-refractivity contribution in [1.29, 1.82) is 0 Å². The second-order valence-corrected chi connectivity index (χ2v) is 5.70. The summed E-state index contributed by atoms with van der Waals surface area (Å²) in [6, 6.07) is 6.25. The fraction of sp³-hybridized carbons (Fsp3) is 0.625. The van der Waals surface area contributed by atoms with Gasteiger partial charge in [-0.15, -0.1) is 0 Å². The first-order valence-electron chi connectivity index (χ1n) is 7.40. The second-order valence-electron chi connectivity index (χ2n) is 5.70. The van der Waals surface area contributed by atoms with Crippen LogP contribution in [-0.4, -0.2) is 36.3 Å². The molecule has 4 nitrogen and oxygen atoms in total. The quantitative estimate of drug-likeness (QED) is 0.861. The van der Waals surface area contributed by atoms with Crippen LogP contribution >= 0.6 is 0 Å². The second kappa shape index (κ2) is 7.07. The Labute approximate surface area is 121 Å². The van der Waals surface area contributed by atoms with Gasteiger partial charge in [-0.2, -0.15) is 0 Å². The zero-order chi connectivity index (χ0) is 14.5. The Morgan fingerprint density at radius 1 is 1.40 bits per heavy atom. The summed E-state index contributed by atoms with van der Waals surface area (Å²) in [5.74, 6) is 1.32. The number of hydrogen-bond acceptors (Lipinski definition) is 4. The molecular weight excluding hydrogens is 252 g/mol. The van der Waals surface area contributed by atoms with Crippen LogP contribution in [0.25, 0.3) is 0 Å². The number of nitrogens with zero attached hydrogens (tertiary/aromatic N) is 1. The SMILES string of the molecule is COc1ccc(CN2CCC(C(C)O)CC2)cc1CN. The van der Waals surface area contributed by atoms with Gasteiger partial charge in [0.25, 0.3) is 0 Å². The Hall–Kier alpha value is -1.10. The smallest absolute Gasteiger partial charge is 0.123 e. The molecule has 1 aromatic rings. The Morgan fingerprint density at radius 2 is 2.10 bits per heavy atom. The van der Waals surface area contributed by atoms with E-state index in [0.29, 0.717) is 12.5 Å². The molecule has 112 valence electrons. The van der Waals surface area contributed by atoms with Crippen molar-refractivity contribution >= 4 is 0 Å². The standard InChI is InChI=1S/C16H26N2O2/c1-12(19)14-5-7-18(8-6-14)11-13-3-4-16(20-2)15(9-13)10-17/h3-4,9,12,14,19H,5-8,10-11,17H2,1-2H3. The van der Waals surface area contributed by atoms with E-state index in [4.69, 9.17) is 10.5 Å². The van der Waals surface area contributed by atoms with Crippen molar-refractivity contribution in [2.75, 3.05) is 20.2 Å². The molecule has 1 atom stereocenters. The molecule has 4 heteroatoms. The van der Waals surface area contributed by atoms with Gasteiger partial charge in [-0.05, 0) is 56.5 Å². The number of nitrogens with two attached hydrogens (primary N) is 1. The van der Waals surface area contributed by atoms with Gasteiger partial charge in [0.05, 0.1) is 13.2 Å². The minimum Gasteiger partial charge on any atom is -0.496 e. The van der Waals surface area contributed by atoms with Gasteiger partial charge in [-0.25, -0.2) is 0 Å². The predicted octanol–water partition coefficient (Wildman–Crippen LogP) is 1.75. The van der Waals surface area contributed by atoms with Crippen LogP contribution in [0, 0.1) is 5.92 Å². The number of hydrogen-bond donors (Lipinski definition) is 2. The monoisotopic (exact) mass is 278 g/mol. The lowest BCUT2D eigenvalue weighted by Crippen LogP contribution is -2.36.